The second kappa shape index (κ2) is 9.82. The van der Waals surface area contributed by atoms with Crippen LogP contribution in [0, 0.1) is 11.6 Å². The van der Waals surface area contributed by atoms with Crippen molar-refractivity contribution >= 4 is 32.5 Å². The fraction of sp³-hybridized carbons (Fsp3) is 0.148. The normalized spacial score (nSPS) is 11.7. The molecular formula is C27H23F2N5O3S. The van der Waals surface area contributed by atoms with Crippen molar-refractivity contribution in [3.8, 4) is 11.4 Å². The van der Waals surface area contributed by atoms with E-state index in [9.17, 15) is 17.6 Å². The highest BCUT2D eigenvalue weighted by Crippen LogP contribution is 2.30. The number of halogens is 2. The van der Waals surface area contributed by atoms with Crippen LogP contribution in [0.5, 0.6) is 0 Å². The number of aryl methyl sites for hydroxylation is 2. The van der Waals surface area contributed by atoms with Crippen LogP contribution in [0.15, 0.2) is 72.1 Å². The van der Waals surface area contributed by atoms with E-state index < -0.39 is 38.7 Å². The van der Waals surface area contributed by atoms with Crippen LogP contribution in [0.3, 0.4) is 0 Å². The number of carbonyl (C=O) groups excluding carboxylic acids is 1. The van der Waals surface area contributed by atoms with E-state index in [0.29, 0.717) is 22.4 Å². The summed E-state index contributed by atoms with van der Waals surface area (Å²) >= 11 is 0. The maximum absolute atomic E-state index is 15.5. The number of sulfonamides is 1. The number of H-pyrrole nitrogens is 1. The lowest BCUT2D eigenvalue weighted by atomic mass is 10.0. The predicted molar refractivity (Wildman–Crippen MR) is 139 cm³/mol. The van der Waals surface area contributed by atoms with E-state index in [0.717, 1.165) is 30.5 Å². The van der Waals surface area contributed by atoms with Crippen LogP contribution in [0.4, 0.5) is 14.5 Å². The Hall–Kier alpha value is -4.38. The largest absolute Gasteiger partial charge is 0.345 e. The van der Waals surface area contributed by atoms with E-state index in [-0.39, 0.29) is 10.5 Å². The van der Waals surface area contributed by atoms with Crippen molar-refractivity contribution in [1.82, 2.24) is 19.5 Å². The molecule has 0 radical (unpaired) electrons. The average molecular weight is 536 g/mol. The van der Waals surface area contributed by atoms with Crippen LogP contribution in [0.25, 0.3) is 22.4 Å². The summed E-state index contributed by atoms with van der Waals surface area (Å²) in [7, 11) is -2.40. The summed E-state index contributed by atoms with van der Waals surface area (Å²) in [6.07, 6.45) is 7.94. The molecule has 0 aliphatic carbocycles. The van der Waals surface area contributed by atoms with Gasteiger partial charge >= 0.3 is 0 Å². The number of anilines is 1. The van der Waals surface area contributed by atoms with Crippen LogP contribution >= 0.6 is 0 Å². The number of nitrogens with zero attached hydrogens (tertiary/aromatic N) is 3. The molecule has 0 fully saturated rings. The highest BCUT2D eigenvalue weighted by Gasteiger charge is 2.26. The first-order valence-electron chi connectivity index (χ1n) is 11.8. The molecule has 0 aliphatic heterocycles. The molecule has 2 N–H and O–H groups in total. The number of fused-ring (bicyclic) bond motifs is 1. The molecule has 3 heterocycles. The van der Waals surface area contributed by atoms with Gasteiger partial charge in [-0.05, 0) is 42.3 Å². The number of ketones is 1. The van der Waals surface area contributed by atoms with Gasteiger partial charge in [-0.2, -0.15) is 0 Å². The summed E-state index contributed by atoms with van der Waals surface area (Å²) in [5.41, 5.74) is 0.465. The summed E-state index contributed by atoms with van der Waals surface area (Å²) in [5, 5.41) is 0.340. The lowest BCUT2D eigenvalue weighted by Crippen LogP contribution is -2.16. The first-order chi connectivity index (χ1) is 18.2. The van der Waals surface area contributed by atoms with E-state index >= 15 is 4.39 Å². The fourth-order valence-corrected chi connectivity index (χ4v) is 5.32. The lowest BCUT2D eigenvalue weighted by molar-refractivity contribution is 0.103. The fourth-order valence-electron chi connectivity index (χ4n) is 4.26. The van der Waals surface area contributed by atoms with E-state index in [4.69, 9.17) is 0 Å². The Morgan fingerprint density at radius 2 is 1.87 bits per heavy atom. The minimum absolute atomic E-state index is 0.0205. The van der Waals surface area contributed by atoms with Crippen molar-refractivity contribution in [1.29, 1.82) is 0 Å². The molecular weight excluding hydrogens is 512 g/mol. The van der Waals surface area contributed by atoms with E-state index in [1.807, 2.05) is 6.92 Å². The Labute approximate surface area is 217 Å². The number of aromatic nitrogens is 4. The van der Waals surface area contributed by atoms with Crippen LogP contribution < -0.4 is 4.72 Å². The zero-order chi connectivity index (χ0) is 27.0. The second-order valence-electron chi connectivity index (χ2n) is 8.80. The van der Waals surface area contributed by atoms with Gasteiger partial charge in [-0.25, -0.2) is 27.2 Å². The number of imidazole rings is 1. The number of nitrogens with one attached hydrogen (secondary N) is 2. The van der Waals surface area contributed by atoms with Gasteiger partial charge in [0.05, 0.1) is 16.1 Å². The molecule has 11 heteroatoms. The minimum atomic E-state index is -4.20. The smallest absolute Gasteiger partial charge is 0.261 e. The Morgan fingerprint density at radius 1 is 1.11 bits per heavy atom. The molecule has 194 valence electrons. The van der Waals surface area contributed by atoms with E-state index in [1.54, 1.807) is 48.4 Å². The zero-order valence-electron chi connectivity index (χ0n) is 20.5. The Balaban J connectivity index is 1.51. The van der Waals surface area contributed by atoms with Crippen molar-refractivity contribution < 1.29 is 22.0 Å². The number of hydrogen-bond donors (Lipinski definition) is 2. The number of aromatic amines is 1. The minimum Gasteiger partial charge on any atom is -0.345 e. The molecule has 0 amide bonds. The SMILES string of the molecule is CCCc1ccc(S(=O)(=O)Nc2ccc(F)c(C(=O)c3c[nH]c4ncc(-c5nccn5C)cc34)c2F)cc1. The van der Waals surface area contributed by atoms with Crippen LogP contribution in [0.2, 0.25) is 0 Å². The van der Waals surface area contributed by atoms with Crippen molar-refractivity contribution in [3.05, 3.63) is 95.6 Å². The zero-order valence-corrected chi connectivity index (χ0v) is 21.3. The molecule has 0 spiro atoms. The number of carbonyl (C=O) groups is 1. The monoisotopic (exact) mass is 535 g/mol. The summed E-state index contributed by atoms with van der Waals surface area (Å²) in [5.74, 6) is -2.81. The first-order valence-corrected chi connectivity index (χ1v) is 13.3. The molecule has 38 heavy (non-hydrogen) atoms. The number of rotatable bonds is 8. The molecule has 0 atom stereocenters. The van der Waals surface area contributed by atoms with E-state index in [2.05, 4.69) is 19.7 Å². The second-order valence-corrected chi connectivity index (χ2v) is 10.5. The molecule has 8 nitrogen and oxygen atoms in total. The first kappa shape index (κ1) is 25.3. The molecule has 0 unspecified atom stereocenters. The van der Waals surface area contributed by atoms with Gasteiger partial charge in [-0.1, -0.05) is 25.5 Å². The summed E-state index contributed by atoms with van der Waals surface area (Å²) in [6.45, 7) is 2.01. The third-order valence-electron chi connectivity index (χ3n) is 6.19. The Bertz CT molecular complexity index is 1780. The predicted octanol–water partition coefficient (Wildman–Crippen LogP) is 5.23. The highest BCUT2D eigenvalue weighted by atomic mass is 32.2. The van der Waals surface area contributed by atoms with Gasteiger partial charge in [0.2, 0.25) is 5.78 Å². The quantitative estimate of drug-likeness (QED) is 0.265. The number of benzene rings is 2. The van der Waals surface area contributed by atoms with Crippen LogP contribution in [-0.4, -0.2) is 33.7 Å². The van der Waals surface area contributed by atoms with Gasteiger partial charge in [0.25, 0.3) is 10.0 Å². The summed E-state index contributed by atoms with van der Waals surface area (Å²) < 4.78 is 60.0. The Kier molecular flexibility index (Phi) is 6.53. The Morgan fingerprint density at radius 3 is 2.55 bits per heavy atom. The van der Waals surface area contributed by atoms with Gasteiger partial charge in [0, 0.05) is 48.3 Å². The molecule has 5 rings (SSSR count). The van der Waals surface area contributed by atoms with Gasteiger partial charge in [0.1, 0.15) is 17.3 Å². The molecule has 0 aliphatic rings. The average Bonchev–Trinajstić information content (AvgIpc) is 3.52. The van der Waals surface area contributed by atoms with Crippen molar-refractivity contribution in [3.63, 3.8) is 0 Å². The van der Waals surface area contributed by atoms with Gasteiger partial charge in [-0.3, -0.25) is 9.52 Å². The maximum Gasteiger partial charge on any atom is 0.261 e. The van der Waals surface area contributed by atoms with Crippen LogP contribution in [0.1, 0.15) is 34.8 Å². The molecule has 3 aromatic heterocycles. The summed E-state index contributed by atoms with van der Waals surface area (Å²) in [4.78, 5) is 24.7. The van der Waals surface area contributed by atoms with Crippen molar-refractivity contribution in [2.75, 3.05) is 4.72 Å². The molecule has 5 aromatic rings. The topological polar surface area (TPSA) is 110 Å². The van der Waals surface area contributed by atoms with Crippen molar-refractivity contribution in [2.24, 2.45) is 7.05 Å². The summed E-state index contributed by atoms with van der Waals surface area (Å²) in [6, 6.07) is 9.64. The van der Waals surface area contributed by atoms with Gasteiger partial charge in [0.15, 0.2) is 5.82 Å². The highest BCUT2D eigenvalue weighted by molar-refractivity contribution is 7.92. The number of pyridine rings is 1. The van der Waals surface area contributed by atoms with E-state index in [1.165, 1.54) is 18.3 Å². The lowest BCUT2D eigenvalue weighted by Gasteiger charge is -2.12. The van der Waals surface area contributed by atoms with Crippen molar-refractivity contribution in [2.45, 2.75) is 24.7 Å². The van der Waals surface area contributed by atoms with Gasteiger partial charge < -0.3 is 9.55 Å². The third kappa shape index (κ3) is 4.56. The van der Waals surface area contributed by atoms with Gasteiger partial charge in [-0.15, -0.1) is 0 Å². The molecule has 2 aromatic carbocycles. The molecule has 0 bridgehead atoms. The maximum atomic E-state index is 15.5. The third-order valence-corrected chi connectivity index (χ3v) is 7.57. The standard InChI is InChI=1S/C27H23F2N5O3S/c1-3-4-16-5-7-18(8-6-16)38(36,37)33-22-10-9-21(28)23(24(22)29)25(35)20-15-32-26-19(20)13-17(14-31-26)27-30-11-12-34(27)2/h5-15,33H,3-4H2,1-2H3,(H,31,32). The molecule has 0 saturated carbocycles. The van der Waals surface area contributed by atoms with Crippen LogP contribution in [-0.2, 0) is 23.5 Å². The number of hydrogen-bond acceptors (Lipinski definition) is 5. The molecule has 0 saturated heterocycles.